The SMILES string of the molecule is CCS(=O)(=O)NC1CC(C)(C)Oc2ccc(C(=O)OC)cc21. The topological polar surface area (TPSA) is 81.7 Å². The standard InChI is InChI=1S/C15H21NO5S/c1-5-22(18,19)16-12-9-15(2,3)21-13-7-6-10(8-11(12)13)14(17)20-4/h6-8,12,16H,5,9H2,1-4H3. The maximum atomic E-state index is 11.9. The van der Waals surface area contributed by atoms with Crippen molar-refractivity contribution in [2.24, 2.45) is 0 Å². The van der Waals surface area contributed by atoms with Crippen molar-refractivity contribution in [2.45, 2.75) is 38.8 Å². The van der Waals surface area contributed by atoms with Crippen LogP contribution in [-0.2, 0) is 14.8 Å². The molecule has 1 N–H and O–H groups in total. The Hall–Kier alpha value is -1.60. The van der Waals surface area contributed by atoms with Crippen molar-refractivity contribution in [2.75, 3.05) is 12.9 Å². The summed E-state index contributed by atoms with van der Waals surface area (Å²) in [4.78, 5) is 11.7. The number of methoxy groups -OCH3 is 1. The number of carbonyl (C=O) groups is 1. The minimum Gasteiger partial charge on any atom is -0.487 e. The number of nitrogens with one attached hydrogen (secondary N) is 1. The summed E-state index contributed by atoms with van der Waals surface area (Å²) in [6.45, 7) is 5.38. The normalized spacial score (nSPS) is 19.9. The highest BCUT2D eigenvalue weighted by atomic mass is 32.2. The molecule has 0 aliphatic carbocycles. The molecule has 1 aliphatic rings. The lowest BCUT2D eigenvalue weighted by Crippen LogP contribution is -2.41. The molecule has 6 nitrogen and oxygen atoms in total. The number of hydrogen-bond acceptors (Lipinski definition) is 5. The van der Waals surface area contributed by atoms with Gasteiger partial charge in [-0.1, -0.05) is 0 Å². The van der Waals surface area contributed by atoms with E-state index in [1.165, 1.54) is 7.11 Å². The summed E-state index contributed by atoms with van der Waals surface area (Å²) in [5.41, 5.74) is 0.519. The van der Waals surface area contributed by atoms with Crippen molar-refractivity contribution in [1.82, 2.24) is 4.72 Å². The fourth-order valence-corrected chi connectivity index (χ4v) is 3.32. The molecular formula is C15H21NO5S. The smallest absolute Gasteiger partial charge is 0.337 e. The summed E-state index contributed by atoms with van der Waals surface area (Å²) in [6, 6.07) is 4.47. The van der Waals surface area contributed by atoms with Crippen LogP contribution in [0.1, 0.15) is 49.2 Å². The number of sulfonamides is 1. The Morgan fingerprint density at radius 2 is 2.14 bits per heavy atom. The van der Waals surface area contributed by atoms with Crippen LogP contribution in [0.25, 0.3) is 0 Å². The molecular weight excluding hydrogens is 306 g/mol. The van der Waals surface area contributed by atoms with Gasteiger partial charge >= 0.3 is 5.97 Å². The van der Waals surface area contributed by atoms with Gasteiger partial charge in [-0.2, -0.15) is 0 Å². The molecule has 7 heteroatoms. The monoisotopic (exact) mass is 327 g/mol. The molecule has 0 spiro atoms. The quantitative estimate of drug-likeness (QED) is 0.856. The molecule has 2 rings (SSSR count). The van der Waals surface area contributed by atoms with E-state index in [9.17, 15) is 13.2 Å². The van der Waals surface area contributed by atoms with Crippen molar-refractivity contribution in [1.29, 1.82) is 0 Å². The second-order valence-electron chi connectivity index (χ2n) is 5.88. The molecule has 1 aliphatic heterocycles. The Kier molecular flexibility index (Phi) is 4.49. The summed E-state index contributed by atoms with van der Waals surface area (Å²) in [5, 5.41) is 0. The van der Waals surface area contributed by atoms with Crippen molar-refractivity contribution in [3.8, 4) is 5.75 Å². The Bertz CT molecular complexity index is 681. The maximum absolute atomic E-state index is 11.9. The fraction of sp³-hybridized carbons (Fsp3) is 0.533. The van der Waals surface area contributed by atoms with Gasteiger partial charge in [0.1, 0.15) is 11.4 Å². The van der Waals surface area contributed by atoms with Crippen molar-refractivity contribution < 1.29 is 22.7 Å². The zero-order valence-electron chi connectivity index (χ0n) is 13.2. The summed E-state index contributed by atoms with van der Waals surface area (Å²) in [5.74, 6) is 0.106. The van der Waals surface area contributed by atoms with Crippen molar-refractivity contribution >= 4 is 16.0 Å². The summed E-state index contributed by atoms with van der Waals surface area (Å²) in [7, 11) is -2.07. The predicted octanol–water partition coefficient (Wildman–Crippen LogP) is 2.01. The molecule has 1 unspecified atom stereocenters. The van der Waals surface area contributed by atoms with Gasteiger partial charge in [-0.3, -0.25) is 0 Å². The van der Waals surface area contributed by atoms with E-state index in [1.54, 1.807) is 25.1 Å². The van der Waals surface area contributed by atoms with E-state index in [4.69, 9.17) is 9.47 Å². The summed E-state index contributed by atoms with van der Waals surface area (Å²) in [6.07, 6.45) is 0.476. The first kappa shape index (κ1) is 16.8. The molecule has 1 atom stereocenters. The molecule has 22 heavy (non-hydrogen) atoms. The Labute approximate surface area is 130 Å². The van der Waals surface area contributed by atoms with E-state index < -0.39 is 27.6 Å². The van der Waals surface area contributed by atoms with Crippen LogP contribution < -0.4 is 9.46 Å². The third kappa shape index (κ3) is 3.59. The van der Waals surface area contributed by atoms with E-state index in [2.05, 4.69) is 4.72 Å². The molecule has 0 aromatic heterocycles. The zero-order valence-corrected chi connectivity index (χ0v) is 14.0. The Balaban J connectivity index is 2.46. The van der Waals surface area contributed by atoms with Crippen LogP contribution >= 0.6 is 0 Å². The molecule has 0 amide bonds. The van der Waals surface area contributed by atoms with Gasteiger partial charge in [0.25, 0.3) is 0 Å². The minimum atomic E-state index is -3.37. The Morgan fingerprint density at radius 3 is 2.73 bits per heavy atom. The van der Waals surface area contributed by atoms with Crippen LogP contribution in [0, 0.1) is 0 Å². The maximum Gasteiger partial charge on any atom is 0.337 e. The van der Waals surface area contributed by atoms with Crippen LogP contribution in [-0.4, -0.2) is 32.9 Å². The zero-order chi connectivity index (χ0) is 16.5. The first-order valence-corrected chi connectivity index (χ1v) is 8.74. The van der Waals surface area contributed by atoms with Crippen molar-refractivity contribution in [3.63, 3.8) is 0 Å². The average molecular weight is 327 g/mol. The molecule has 0 saturated heterocycles. The van der Waals surface area contributed by atoms with Crippen molar-refractivity contribution in [3.05, 3.63) is 29.3 Å². The number of rotatable bonds is 4. The minimum absolute atomic E-state index is 0.00316. The van der Waals surface area contributed by atoms with Gasteiger partial charge in [0.2, 0.25) is 10.0 Å². The highest BCUT2D eigenvalue weighted by molar-refractivity contribution is 7.89. The van der Waals surface area contributed by atoms with E-state index in [1.807, 2.05) is 13.8 Å². The third-order valence-corrected chi connectivity index (χ3v) is 4.99. The van der Waals surface area contributed by atoms with Gasteiger partial charge in [-0.25, -0.2) is 17.9 Å². The molecule has 1 aromatic carbocycles. The van der Waals surface area contributed by atoms with Gasteiger partial charge in [0.15, 0.2) is 0 Å². The van der Waals surface area contributed by atoms with Crippen LogP contribution in [0.4, 0.5) is 0 Å². The highest BCUT2D eigenvalue weighted by Crippen LogP contribution is 2.40. The van der Waals surface area contributed by atoms with Gasteiger partial charge in [0, 0.05) is 12.0 Å². The number of hydrogen-bond donors (Lipinski definition) is 1. The predicted molar refractivity (Wildman–Crippen MR) is 82.4 cm³/mol. The molecule has 1 aromatic rings. The molecule has 122 valence electrons. The number of esters is 1. The molecule has 0 radical (unpaired) electrons. The molecule has 1 heterocycles. The average Bonchev–Trinajstić information content (AvgIpc) is 2.44. The lowest BCUT2D eigenvalue weighted by molar-refractivity contribution is 0.0597. The van der Waals surface area contributed by atoms with Crippen LogP contribution in [0.3, 0.4) is 0 Å². The van der Waals surface area contributed by atoms with Gasteiger partial charge in [-0.05, 0) is 39.0 Å². The molecule has 0 bridgehead atoms. The number of benzene rings is 1. The summed E-state index contributed by atoms with van der Waals surface area (Å²) < 4.78 is 37.1. The van der Waals surface area contributed by atoms with Gasteiger partial charge < -0.3 is 9.47 Å². The first-order valence-electron chi connectivity index (χ1n) is 7.09. The first-order chi connectivity index (χ1) is 10.2. The molecule has 0 fully saturated rings. The third-order valence-electron chi connectivity index (χ3n) is 3.59. The fourth-order valence-electron chi connectivity index (χ4n) is 2.50. The van der Waals surface area contributed by atoms with E-state index in [0.717, 1.165) is 0 Å². The van der Waals surface area contributed by atoms with E-state index >= 15 is 0 Å². The largest absolute Gasteiger partial charge is 0.487 e. The Morgan fingerprint density at radius 1 is 1.45 bits per heavy atom. The van der Waals surface area contributed by atoms with Gasteiger partial charge in [-0.15, -0.1) is 0 Å². The highest BCUT2D eigenvalue weighted by Gasteiger charge is 2.36. The van der Waals surface area contributed by atoms with Crippen LogP contribution in [0.2, 0.25) is 0 Å². The van der Waals surface area contributed by atoms with E-state index in [-0.39, 0.29) is 5.75 Å². The second kappa shape index (κ2) is 5.89. The lowest BCUT2D eigenvalue weighted by Gasteiger charge is -2.37. The number of fused-ring (bicyclic) bond motifs is 1. The van der Waals surface area contributed by atoms with E-state index in [0.29, 0.717) is 23.3 Å². The second-order valence-corrected chi connectivity index (χ2v) is 7.93. The van der Waals surface area contributed by atoms with Crippen LogP contribution in [0.5, 0.6) is 5.75 Å². The molecule has 0 saturated carbocycles. The number of ether oxygens (including phenoxy) is 2. The summed E-state index contributed by atoms with van der Waals surface area (Å²) >= 11 is 0. The van der Waals surface area contributed by atoms with Gasteiger partial charge in [0.05, 0.1) is 24.5 Å². The number of carbonyl (C=O) groups excluding carboxylic acids is 1. The van der Waals surface area contributed by atoms with Crippen LogP contribution in [0.15, 0.2) is 18.2 Å². The lowest BCUT2D eigenvalue weighted by atomic mass is 9.89.